The third kappa shape index (κ3) is 4.94. The van der Waals surface area contributed by atoms with E-state index in [9.17, 15) is 22.8 Å². The van der Waals surface area contributed by atoms with Crippen LogP contribution in [0.1, 0.15) is 37.4 Å². The van der Waals surface area contributed by atoms with Crippen molar-refractivity contribution in [1.82, 2.24) is 19.8 Å². The molecule has 2 aromatic carbocycles. The average Bonchev–Trinajstić information content (AvgIpc) is 3.33. The highest BCUT2D eigenvalue weighted by Crippen LogP contribution is 2.45. The summed E-state index contributed by atoms with van der Waals surface area (Å²) in [4.78, 5) is 43.7. The quantitative estimate of drug-likeness (QED) is 0.455. The highest BCUT2D eigenvalue weighted by Gasteiger charge is 2.65. The third-order valence-electron chi connectivity index (χ3n) is 7.65. The molecular weight excluding hydrogens is 536 g/mol. The highest BCUT2D eigenvalue weighted by atomic mass is 32.2. The van der Waals surface area contributed by atoms with E-state index in [1.54, 1.807) is 28.0 Å². The zero-order valence-corrected chi connectivity index (χ0v) is 23.9. The number of sulfonamides is 1. The zero-order valence-electron chi connectivity index (χ0n) is 22.3. The fourth-order valence-corrected chi connectivity index (χ4v) is 7.22. The Morgan fingerprint density at radius 3 is 2.36 bits per heavy atom. The normalized spacial score (nSPS) is 21.5. The van der Waals surface area contributed by atoms with Gasteiger partial charge in [-0.2, -0.15) is 0 Å². The van der Waals surface area contributed by atoms with Crippen LogP contribution in [0.25, 0.3) is 10.1 Å². The minimum atomic E-state index is -3.80. The van der Waals surface area contributed by atoms with Gasteiger partial charge in [0.15, 0.2) is 0 Å². The van der Waals surface area contributed by atoms with Crippen molar-refractivity contribution in [2.45, 2.75) is 50.2 Å². The second kappa shape index (κ2) is 9.72. The molecule has 3 unspecified atom stereocenters. The number of rotatable bonds is 7. The van der Waals surface area contributed by atoms with Gasteiger partial charge >= 0.3 is 0 Å². The first kappa shape index (κ1) is 27.3. The minimum absolute atomic E-state index is 0.0950. The fraction of sp³-hybridized carbons (Fsp3) is 0.393. The van der Waals surface area contributed by atoms with E-state index in [4.69, 9.17) is 0 Å². The van der Waals surface area contributed by atoms with Crippen molar-refractivity contribution >= 4 is 49.2 Å². The Kier molecular flexibility index (Phi) is 6.80. The topological polar surface area (TPSA) is 116 Å². The number of amides is 3. The van der Waals surface area contributed by atoms with Crippen LogP contribution < -0.4 is 10.0 Å². The maximum Gasteiger partial charge on any atom is 0.262 e. The van der Waals surface area contributed by atoms with Crippen LogP contribution in [0.2, 0.25) is 0 Å². The number of likely N-dealkylation sites (tertiary alicyclic amines) is 2. The number of nitrogens with one attached hydrogen (secondary N) is 2. The molecule has 0 aliphatic carbocycles. The molecule has 2 N–H and O–H groups in total. The molecule has 2 saturated heterocycles. The lowest BCUT2D eigenvalue weighted by atomic mass is 9.70. The van der Waals surface area contributed by atoms with Crippen molar-refractivity contribution in [3.63, 3.8) is 0 Å². The molecule has 2 aliphatic heterocycles. The van der Waals surface area contributed by atoms with Crippen LogP contribution in [0.15, 0.2) is 65.6 Å². The Morgan fingerprint density at radius 2 is 1.74 bits per heavy atom. The van der Waals surface area contributed by atoms with Crippen LogP contribution in [0.5, 0.6) is 0 Å². The lowest BCUT2D eigenvalue weighted by molar-refractivity contribution is -0.206. The van der Waals surface area contributed by atoms with E-state index in [-0.39, 0.29) is 35.2 Å². The third-order valence-corrected chi connectivity index (χ3v) is 10.2. The SMILES string of the molecule is CC(C)(C)C(NC(=O)c1cc2ccccc2s1)C(=O)N1CC2N(C(=O)CNS(=O)(=O)c3ccccc3)CC21C. The maximum atomic E-state index is 13.7. The number of nitrogens with zero attached hydrogens (tertiary/aromatic N) is 2. The van der Waals surface area contributed by atoms with Gasteiger partial charge in [0.25, 0.3) is 5.91 Å². The molecule has 3 aromatic rings. The number of hydrogen-bond donors (Lipinski definition) is 2. The van der Waals surface area contributed by atoms with E-state index in [0.29, 0.717) is 18.0 Å². The molecule has 0 bridgehead atoms. The molecule has 1 aromatic heterocycles. The van der Waals surface area contributed by atoms with E-state index in [1.807, 2.05) is 58.0 Å². The maximum absolute atomic E-state index is 13.7. The smallest absolute Gasteiger partial charge is 0.262 e. The number of benzene rings is 2. The number of thiophene rings is 1. The molecule has 2 fully saturated rings. The van der Waals surface area contributed by atoms with Gasteiger partial charge in [-0.3, -0.25) is 14.4 Å². The van der Waals surface area contributed by atoms with Crippen molar-refractivity contribution in [2.75, 3.05) is 19.6 Å². The van der Waals surface area contributed by atoms with Crippen LogP contribution >= 0.6 is 11.3 Å². The predicted molar refractivity (Wildman–Crippen MR) is 150 cm³/mol. The van der Waals surface area contributed by atoms with E-state index < -0.39 is 27.0 Å². The lowest BCUT2D eigenvalue weighted by Crippen LogP contribution is -2.89. The van der Waals surface area contributed by atoms with Gasteiger partial charge in [0, 0.05) is 17.8 Å². The molecule has 2 aliphatic rings. The molecule has 3 amide bonds. The molecule has 3 heterocycles. The van der Waals surface area contributed by atoms with Crippen LogP contribution in [0.4, 0.5) is 0 Å². The lowest BCUT2D eigenvalue weighted by Gasteiger charge is -2.69. The van der Waals surface area contributed by atoms with E-state index in [2.05, 4.69) is 10.0 Å². The number of carbonyl (C=O) groups is 3. The van der Waals surface area contributed by atoms with Gasteiger partial charge in [0.05, 0.1) is 27.9 Å². The van der Waals surface area contributed by atoms with Crippen molar-refractivity contribution in [1.29, 1.82) is 0 Å². The first-order chi connectivity index (χ1) is 18.3. The summed E-state index contributed by atoms with van der Waals surface area (Å²) in [7, 11) is -3.80. The number of piperazine rings is 1. The molecule has 39 heavy (non-hydrogen) atoms. The Balaban J connectivity index is 1.22. The van der Waals surface area contributed by atoms with Crippen LogP contribution in [0, 0.1) is 5.41 Å². The van der Waals surface area contributed by atoms with Gasteiger partial charge in [-0.1, -0.05) is 57.2 Å². The van der Waals surface area contributed by atoms with E-state index >= 15 is 0 Å². The molecule has 9 nitrogen and oxygen atoms in total. The Hall–Kier alpha value is -3.28. The molecule has 3 atom stereocenters. The molecule has 0 saturated carbocycles. The second-order valence-corrected chi connectivity index (χ2v) is 14.3. The van der Waals surface area contributed by atoms with Crippen molar-refractivity contribution < 1.29 is 22.8 Å². The number of carbonyl (C=O) groups excluding carboxylic acids is 3. The summed E-state index contributed by atoms with van der Waals surface area (Å²) in [6.07, 6.45) is 0. The number of fused-ring (bicyclic) bond motifs is 2. The molecule has 5 rings (SSSR count). The second-order valence-electron chi connectivity index (χ2n) is 11.4. The van der Waals surface area contributed by atoms with Crippen molar-refractivity contribution in [2.24, 2.45) is 5.41 Å². The summed E-state index contributed by atoms with van der Waals surface area (Å²) in [5.74, 6) is -0.815. The molecule has 0 radical (unpaired) electrons. The summed E-state index contributed by atoms with van der Waals surface area (Å²) >= 11 is 1.39. The highest BCUT2D eigenvalue weighted by molar-refractivity contribution is 7.89. The van der Waals surface area contributed by atoms with Gasteiger partial charge in [0.1, 0.15) is 6.04 Å². The van der Waals surface area contributed by atoms with Crippen LogP contribution in [-0.2, 0) is 19.6 Å². The zero-order chi connectivity index (χ0) is 28.2. The fourth-order valence-electron chi connectivity index (χ4n) is 5.26. The summed E-state index contributed by atoms with van der Waals surface area (Å²) < 4.78 is 28.3. The van der Waals surface area contributed by atoms with E-state index in [0.717, 1.165) is 10.1 Å². The predicted octanol–water partition coefficient (Wildman–Crippen LogP) is 2.84. The summed E-state index contributed by atoms with van der Waals surface area (Å²) in [5.41, 5.74) is -1.10. The molecule has 0 spiro atoms. The molecule has 206 valence electrons. The van der Waals surface area contributed by atoms with Gasteiger partial charge in [-0.15, -0.1) is 11.3 Å². The molecule has 11 heteroatoms. The Morgan fingerprint density at radius 1 is 1.08 bits per heavy atom. The molecular formula is C28H32N4O5S2. The van der Waals surface area contributed by atoms with Gasteiger partial charge in [0.2, 0.25) is 21.8 Å². The first-order valence-electron chi connectivity index (χ1n) is 12.8. The van der Waals surface area contributed by atoms with Crippen LogP contribution in [0.3, 0.4) is 0 Å². The summed E-state index contributed by atoms with van der Waals surface area (Å²) in [6.45, 7) is 7.94. The van der Waals surface area contributed by atoms with Gasteiger partial charge in [-0.05, 0) is 42.0 Å². The van der Waals surface area contributed by atoms with Crippen molar-refractivity contribution in [3.05, 3.63) is 65.5 Å². The van der Waals surface area contributed by atoms with Gasteiger partial charge < -0.3 is 15.1 Å². The Labute approximate surface area is 232 Å². The van der Waals surface area contributed by atoms with E-state index in [1.165, 1.54) is 23.5 Å². The van der Waals surface area contributed by atoms with Crippen molar-refractivity contribution in [3.8, 4) is 0 Å². The monoisotopic (exact) mass is 568 g/mol. The largest absolute Gasteiger partial charge is 0.339 e. The van der Waals surface area contributed by atoms with Gasteiger partial charge in [-0.25, -0.2) is 13.1 Å². The summed E-state index contributed by atoms with van der Waals surface area (Å²) in [6, 6.07) is 16.5. The number of hydrogen-bond acceptors (Lipinski definition) is 6. The minimum Gasteiger partial charge on any atom is -0.339 e. The summed E-state index contributed by atoms with van der Waals surface area (Å²) in [5, 5.41) is 3.95. The standard InChI is InChI=1S/C28H32N4O5S2/c1-27(2,3)24(30-25(34)21-14-18-10-8-9-13-20(18)38-21)26(35)32-16-22-28(32,4)17-31(22)23(33)15-29-39(36,37)19-11-6-5-7-12-19/h5-14,22,24,29H,15-17H2,1-4H3,(H,30,34). The van der Waals surface area contributed by atoms with Crippen LogP contribution in [-0.4, -0.2) is 73.2 Å². The Bertz CT molecular complexity index is 1510. The first-order valence-corrected chi connectivity index (χ1v) is 15.1. The average molecular weight is 569 g/mol.